The van der Waals surface area contributed by atoms with E-state index in [0.29, 0.717) is 10.9 Å². The van der Waals surface area contributed by atoms with Gasteiger partial charge >= 0.3 is 0 Å². The lowest BCUT2D eigenvalue weighted by molar-refractivity contribution is -0.127. The molecule has 1 saturated carbocycles. The van der Waals surface area contributed by atoms with Crippen molar-refractivity contribution in [2.75, 3.05) is 13.7 Å². The molecule has 22 heavy (non-hydrogen) atoms. The summed E-state index contributed by atoms with van der Waals surface area (Å²) in [6.45, 7) is 2.17. The molecule has 0 saturated heterocycles. The molecule has 3 nitrogen and oxygen atoms in total. The molecule has 1 fully saturated rings. The average Bonchev–Trinajstić information content (AvgIpc) is 2.54. The zero-order chi connectivity index (χ0) is 16.1. The van der Waals surface area contributed by atoms with Crippen LogP contribution in [0.25, 0.3) is 5.57 Å². The standard InChI is InChI=1S/C18H24ClNO2/c1-13(16-5-3-4-6-17(16)19)11-18(22)20(2)15-9-7-14(12-21)8-10-15/h3-6,11,14-15,21H,7-10,12H2,1-2H3/b13-11-. The van der Waals surface area contributed by atoms with Crippen molar-refractivity contribution in [2.24, 2.45) is 5.92 Å². The van der Waals surface area contributed by atoms with Gasteiger partial charge in [-0.05, 0) is 55.7 Å². The predicted molar refractivity (Wildman–Crippen MR) is 90.7 cm³/mol. The summed E-state index contributed by atoms with van der Waals surface area (Å²) in [7, 11) is 1.86. The van der Waals surface area contributed by atoms with E-state index in [1.165, 1.54) is 0 Å². The van der Waals surface area contributed by atoms with Gasteiger partial charge in [-0.1, -0.05) is 29.8 Å². The Morgan fingerprint density at radius 2 is 1.95 bits per heavy atom. The monoisotopic (exact) mass is 321 g/mol. The summed E-state index contributed by atoms with van der Waals surface area (Å²) in [6, 6.07) is 7.83. The SMILES string of the molecule is C/C(=C/C(=O)N(C)C1CCC(CO)CC1)c1ccccc1Cl. The molecule has 4 heteroatoms. The first kappa shape index (κ1) is 17.0. The first-order valence-electron chi connectivity index (χ1n) is 7.83. The highest BCUT2D eigenvalue weighted by molar-refractivity contribution is 6.32. The fraction of sp³-hybridized carbons (Fsp3) is 0.500. The van der Waals surface area contributed by atoms with Crippen LogP contribution in [-0.4, -0.2) is 35.6 Å². The molecule has 0 bridgehead atoms. The normalized spacial score (nSPS) is 22.5. The topological polar surface area (TPSA) is 40.5 Å². The fourth-order valence-electron chi connectivity index (χ4n) is 3.04. The lowest BCUT2D eigenvalue weighted by Crippen LogP contribution is -2.39. The van der Waals surface area contributed by atoms with E-state index in [9.17, 15) is 9.90 Å². The van der Waals surface area contributed by atoms with Gasteiger partial charge in [0, 0.05) is 30.8 Å². The van der Waals surface area contributed by atoms with Crippen molar-refractivity contribution in [3.05, 3.63) is 40.9 Å². The van der Waals surface area contributed by atoms with Gasteiger partial charge in [-0.25, -0.2) is 0 Å². The zero-order valence-electron chi connectivity index (χ0n) is 13.3. The minimum Gasteiger partial charge on any atom is -0.396 e. The molecule has 1 aliphatic rings. The molecule has 120 valence electrons. The molecule has 0 aromatic heterocycles. The van der Waals surface area contributed by atoms with Gasteiger partial charge in [-0.15, -0.1) is 0 Å². The third-order valence-corrected chi connectivity index (χ3v) is 4.94. The van der Waals surface area contributed by atoms with E-state index >= 15 is 0 Å². The van der Waals surface area contributed by atoms with Gasteiger partial charge in [0.15, 0.2) is 0 Å². The fourth-order valence-corrected chi connectivity index (χ4v) is 3.33. The number of carbonyl (C=O) groups is 1. The Morgan fingerprint density at radius 3 is 2.55 bits per heavy atom. The average molecular weight is 322 g/mol. The molecule has 0 aliphatic heterocycles. The van der Waals surface area contributed by atoms with Crippen LogP contribution >= 0.6 is 11.6 Å². The first-order valence-corrected chi connectivity index (χ1v) is 8.21. The number of allylic oxidation sites excluding steroid dienone is 1. The van der Waals surface area contributed by atoms with Crippen molar-refractivity contribution < 1.29 is 9.90 Å². The van der Waals surface area contributed by atoms with Gasteiger partial charge in [0.05, 0.1) is 0 Å². The number of nitrogens with zero attached hydrogens (tertiary/aromatic N) is 1. The quantitative estimate of drug-likeness (QED) is 0.858. The van der Waals surface area contributed by atoms with E-state index in [2.05, 4.69) is 0 Å². The molecule has 1 aliphatic carbocycles. The second-order valence-corrected chi connectivity index (χ2v) is 6.52. The van der Waals surface area contributed by atoms with Crippen molar-refractivity contribution in [3.63, 3.8) is 0 Å². The van der Waals surface area contributed by atoms with E-state index in [1.807, 2.05) is 43.1 Å². The summed E-state index contributed by atoms with van der Waals surface area (Å²) in [5.74, 6) is 0.421. The van der Waals surface area contributed by atoms with Crippen molar-refractivity contribution in [3.8, 4) is 0 Å². The van der Waals surface area contributed by atoms with E-state index in [4.69, 9.17) is 11.6 Å². The number of aliphatic hydroxyl groups excluding tert-OH is 1. The summed E-state index contributed by atoms with van der Waals surface area (Å²) in [6.07, 6.45) is 5.58. The van der Waals surface area contributed by atoms with Gasteiger partial charge in [0.2, 0.25) is 5.91 Å². The molecular weight excluding hydrogens is 298 g/mol. The Balaban J connectivity index is 2.02. The van der Waals surface area contributed by atoms with Crippen LogP contribution in [0.4, 0.5) is 0 Å². The van der Waals surface area contributed by atoms with E-state index < -0.39 is 0 Å². The lowest BCUT2D eigenvalue weighted by atomic mass is 9.86. The van der Waals surface area contributed by atoms with E-state index in [1.54, 1.807) is 6.08 Å². The highest BCUT2D eigenvalue weighted by Crippen LogP contribution is 2.28. The first-order chi connectivity index (χ1) is 10.5. The minimum atomic E-state index is 0.0184. The van der Waals surface area contributed by atoms with Crippen LogP contribution in [-0.2, 0) is 4.79 Å². The Kier molecular flexibility index (Phi) is 6.04. The van der Waals surface area contributed by atoms with Crippen molar-refractivity contribution in [2.45, 2.75) is 38.6 Å². The van der Waals surface area contributed by atoms with Crippen LogP contribution in [0.5, 0.6) is 0 Å². The van der Waals surface area contributed by atoms with Gasteiger partial charge < -0.3 is 10.0 Å². The summed E-state index contributed by atoms with van der Waals surface area (Å²) in [4.78, 5) is 14.3. The van der Waals surface area contributed by atoms with Gasteiger partial charge in [0.1, 0.15) is 0 Å². The number of benzene rings is 1. The van der Waals surface area contributed by atoms with Crippen LogP contribution in [0.1, 0.15) is 38.2 Å². The van der Waals surface area contributed by atoms with E-state index in [-0.39, 0.29) is 18.6 Å². The van der Waals surface area contributed by atoms with Crippen LogP contribution < -0.4 is 0 Å². The smallest absolute Gasteiger partial charge is 0.246 e. The molecule has 1 amide bonds. The molecule has 0 spiro atoms. The lowest BCUT2D eigenvalue weighted by Gasteiger charge is -2.33. The van der Waals surface area contributed by atoms with Gasteiger partial charge in [0.25, 0.3) is 0 Å². The summed E-state index contributed by atoms with van der Waals surface area (Å²) >= 11 is 6.17. The predicted octanol–water partition coefficient (Wildman–Crippen LogP) is 3.75. The van der Waals surface area contributed by atoms with Gasteiger partial charge in [-0.3, -0.25) is 4.79 Å². The molecule has 0 atom stereocenters. The molecule has 2 rings (SSSR count). The number of carbonyl (C=O) groups excluding carboxylic acids is 1. The highest BCUT2D eigenvalue weighted by atomic mass is 35.5. The molecule has 0 radical (unpaired) electrons. The van der Waals surface area contributed by atoms with Crippen LogP contribution in [0.3, 0.4) is 0 Å². The second kappa shape index (κ2) is 7.80. The highest BCUT2D eigenvalue weighted by Gasteiger charge is 2.25. The molecule has 1 aromatic rings. The van der Waals surface area contributed by atoms with Crippen molar-refractivity contribution in [1.29, 1.82) is 0 Å². The Labute approximate surface area is 137 Å². The summed E-state index contributed by atoms with van der Waals surface area (Å²) < 4.78 is 0. The van der Waals surface area contributed by atoms with Crippen LogP contribution in [0.2, 0.25) is 5.02 Å². The second-order valence-electron chi connectivity index (χ2n) is 6.11. The summed E-state index contributed by atoms with van der Waals surface area (Å²) in [5.41, 5.74) is 1.78. The van der Waals surface area contributed by atoms with Crippen LogP contribution in [0.15, 0.2) is 30.3 Å². The Bertz CT molecular complexity index is 548. The van der Waals surface area contributed by atoms with Gasteiger partial charge in [-0.2, -0.15) is 0 Å². The number of hydrogen-bond donors (Lipinski definition) is 1. The van der Waals surface area contributed by atoms with Crippen molar-refractivity contribution in [1.82, 2.24) is 4.90 Å². The summed E-state index contributed by atoms with van der Waals surface area (Å²) in [5, 5.41) is 9.86. The number of amides is 1. The molecule has 0 heterocycles. The Hall–Kier alpha value is -1.32. The maximum absolute atomic E-state index is 12.4. The number of likely N-dealkylation sites (N-methyl/N-ethyl adjacent to an activating group) is 1. The maximum Gasteiger partial charge on any atom is 0.246 e. The number of rotatable bonds is 4. The third-order valence-electron chi connectivity index (χ3n) is 4.61. The van der Waals surface area contributed by atoms with Crippen molar-refractivity contribution >= 4 is 23.1 Å². The number of hydrogen-bond acceptors (Lipinski definition) is 2. The molecular formula is C18H24ClNO2. The third kappa shape index (κ3) is 4.11. The Morgan fingerprint density at radius 1 is 1.32 bits per heavy atom. The largest absolute Gasteiger partial charge is 0.396 e. The molecule has 1 aromatic carbocycles. The molecule has 1 N–H and O–H groups in total. The zero-order valence-corrected chi connectivity index (χ0v) is 14.0. The van der Waals surface area contributed by atoms with Crippen LogP contribution in [0, 0.1) is 5.92 Å². The molecule has 0 unspecified atom stereocenters. The maximum atomic E-state index is 12.4. The van der Waals surface area contributed by atoms with E-state index in [0.717, 1.165) is 36.8 Å². The number of halogens is 1. The minimum absolute atomic E-state index is 0.0184. The number of aliphatic hydroxyl groups is 1.